The van der Waals surface area contributed by atoms with Gasteiger partial charge in [-0.1, -0.05) is 17.7 Å². The van der Waals surface area contributed by atoms with Crippen LogP contribution in [-0.2, 0) is 7.05 Å². The zero-order valence-electron chi connectivity index (χ0n) is 9.61. The summed E-state index contributed by atoms with van der Waals surface area (Å²) >= 11 is 5.72. The van der Waals surface area contributed by atoms with E-state index < -0.39 is 5.82 Å². The maximum atomic E-state index is 13.7. The fourth-order valence-corrected chi connectivity index (χ4v) is 1.91. The Morgan fingerprint density at radius 1 is 1.41 bits per heavy atom. The maximum absolute atomic E-state index is 13.7. The van der Waals surface area contributed by atoms with Gasteiger partial charge in [-0.25, -0.2) is 4.39 Å². The van der Waals surface area contributed by atoms with E-state index in [4.69, 9.17) is 11.6 Å². The Kier molecular flexibility index (Phi) is 3.33. The first kappa shape index (κ1) is 11.9. The number of halogens is 2. The van der Waals surface area contributed by atoms with Crippen molar-refractivity contribution in [3.63, 3.8) is 0 Å². The van der Waals surface area contributed by atoms with E-state index in [-0.39, 0.29) is 11.1 Å². The van der Waals surface area contributed by atoms with Crippen LogP contribution >= 0.6 is 11.6 Å². The van der Waals surface area contributed by atoms with Crippen LogP contribution in [0, 0.1) is 5.82 Å². The molecule has 0 spiro atoms. The second-order valence-electron chi connectivity index (χ2n) is 3.85. The summed E-state index contributed by atoms with van der Waals surface area (Å²) in [6.07, 6.45) is 1.71. The van der Waals surface area contributed by atoms with Gasteiger partial charge in [0.1, 0.15) is 0 Å². The molecule has 0 saturated carbocycles. The number of nitrogens with zero attached hydrogens (tertiary/aromatic N) is 2. The third-order valence-electron chi connectivity index (χ3n) is 2.63. The number of hydrogen-bond acceptors (Lipinski definition) is 2. The maximum Gasteiger partial charge on any atom is 0.164 e. The fourth-order valence-electron chi connectivity index (χ4n) is 1.73. The molecule has 1 heterocycles. The normalized spacial score (nSPS) is 12.5. The molecule has 1 unspecified atom stereocenters. The molecule has 0 fully saturated rings. The highest BCUT2D eigenvalue weighted by Crippen LogP contribution is 2.25. The van der Waals surface area contributed by atoms with E-state index in [9.17, 15) is 4.39 Å². The van der Waals surface area contributed by atoms with Crippen LogP contribution in [0.2, 0.25) is 5.02 Å². The minimum Gasteiger partial charge on any atom is -0.375 e. The molecule has 0 amide bonds. The van der Waals surface area contributed by atoms with Gasteiger partial charge in [0.2, 0.25) is 0 Å². The summed E-state index contributed by atoms with van der Waals surface area (Å²) in [6, 6.07) is 6.74. The molecule has 1 atom stereocenters. The van der Waals surface area contributed by atoms with Gasteiger partial charge in [0, 0.05) is 13.2 Å². The largest absolute Gasteiger partial charge is 0.375 e. The predicted octanol–water partition coefficient (Wildman–Crippen LogP) is 3.39. The Morgan fingerprint density at radius 3 is 2.82 bits per heavy atom. The number of anilines is 1. The average molecular weight is 254 g/mol. The minimum atomic E-state index is -0.428. The summed E-state index contributed by atoms with van der Waals surface area (Å²) in [4.78, 5) is 0. The van der Waals surface area contributed by atoms with Crippen LogP contribution in [0.25, 0.3) is 0 Å². The topological polar surface area (TPSA) is 29.9 Å². The molecule has 17 heavy (non-hydrogen) atoms. The molecule has 0 aliphatic heterocycles. The van der Waals surface area contributed by atoms with Crippen molar-refractivity contribution in [1.82, 2.24) is 9.78 Å². The zero-order valence-corrected chi connectivity index (χ0v) is 10.4. The van der Waals surface area contributed by atoms with Gasteiger partial charge in [0.25, 0.3) is 0 Å². The summed E-state index contributed by atoms with van der Waals surface area (Å²) in [5.74, 6) is -0.428. The first-order valence-corrected chi connectivity index (χ1v) is 5.66. The Hall–Kier alpha value is -1.55. The second kappa shape index (κ2) is 4.75. The van der Waals surface area contributed by atoms with Gasteiger partial charge in [-0.05, 0) is 25.1 Å². The first-order valence-electron chi connectivity index (χ1n) is 5.28. The van der Waals surface area contributed by atoms with E-state index in [2.05, 4.69) is 10.4 Å². The van der Waals surface area contributed by atoms with Gasteiger partial charge in [0.15, 0.2) is 5.82 Å². The molecule has 2 aromatic rings. The van der Waals surface area contributed by atoms with Crippen molar-refractivity contribution in [3.05, 3.63) is 47.0 Å². The Morgan fingerprint density at radius 2 is 2.18 bits per heavy atom. The predicted molar refractivity (Wildman–Crippen MR) is 66.7 cm³/mol. The average Bonchev–Trinajstić information content (AvgIpc) is 2.71. The van der Waals surface area contributed by atoms with Crippen molar-refractivity contribution < 1.29 is 4.39 Å². The molecule has 1 aromatic carbocycles. The molecule has 0 aliphatic carbocycles. The smallest absolute Gasteiger partial charge is 0.164 e. The highest BCUT2D eigenvalue weighted by molar-refractivity contribution is 6.31. The molecule has 1 aromatic heterocycles. The third-order valence-corrected chi connectivity index (χ3v) is 2.92. The molecule has 3 nitrogen and oxygen atoms in total. The number of nitrogens with one attached hydrogen (secondary N) is 1. The van der Waals surface area contributed by atoms with Crippen molar-refractivity contribution in [1.29, 1.82) is 0 Å². The first-order chi connectivity index (χ1) is 8.09. The van der Waals surface area contributed by atoms with Gasteiger partial charge in [-0.2, -0.15) is 5.10 Å². The quantitative estimate of drug-likeness (QED) is 0.909. The van der Waals surface area contributed by atoms with Crippen molar-refractivity contribution >= 4 is 17.3 Å². The summed E-state index contributed by atoms with van der Waals surface area (Å²) in [5, 5.41) is 7.27. The van der Waals surface area contributed by atoms with Gasteiger partial charge >= 0.3 is 0 Å². The molecule has 1 N–H and O–H groups in total. The van der Waals surface area contributed by atoms with Gasteiger partial charge < -0.3 is 5.32 Å². The van der Waals surface area contributed by atoms with Crippen LogP contribution in [0.15, 0.2) is 30.5 Å². The molecule has 0 saturated heterocycles. The van der Waals surface area contributed by atoms with Crippen LogP contribution in [0.3, 0.4) is 0 Å². The summed E-state index contributed by atoms with van der Waals surface area (Å²) in [6.45, 7) is 1.94. The standard InChI is InChI=1S/C12H13ClFN3/c1-8(11-6-7-15-17(11)2)16-10-5-3-4-9(13)12(10)14/h3-8,16H,1-2H3. The van der Waals surface area contributed by atoms with Gasteiger partial charge in [-0.3, -0.25) is 4.68 Å². The van der Waals surface area contributed by atoms with Crippen molar-refractivity contribution in [2.24, 2.45) is 7.05 Å². The van der Waals surface area contributed by atoms with Crippen LogP contribution < -0.4 is 5.32 Å². The zero-order chi connectivity index (χ0) is 12.4. The van der Waals surface area contributed by atoms with E-state index in [0.29, 0.717) is 5.69 Å². The van der Waals surface area contributed by atoms with Crippen LogP contribution in [0.1, 0.15) is 18.7 Å². The lowest BCUT2D eigenvalue weighted by Gasteiger charge is -2.16. The lowest BCUT2D eigenvalue weighted by molar-refractivity contribution is 0.623. The van der Waals surface area contributed by atoms with E-state index >= 15 is 0 Å². The molecule has 0 radical (unpaired) electrons. The van der Waals surface area contributed by atoms with E-state index in [1.807, 2.05) is 20.0 Å². The van der Waals surface area contributed by atoms with Gasteiger partial charge in [0.05, 0.1) is 22.4 Å². The van der Waals surface area contributed by atoms with Crippen molar-refractivity contribution in [2.75, 3.05) is 5.32 Å². The molecular weight excluding hydrogens is 241 g/mol. The molecule has 0 bridgehead atoms. The van der Waals surface area contributed by atoms with E-state index in [1.54, 1.807) is 23.0 Å². The molecule has 0 aliphatic rings. The summed E-state index contributed by atoms with van der Waals surface area (Å²) in [5.41, 5.74) is 1.37. The van der Waals surface area contributed by atoms with Crippen molar-refractivity contribution in [3.8, 4) is 0 Å². The monoisotopic (exact) mass is 253 g/mol. The number of hydrogen-bond donors (Lipinski definition) is 1. The summed E-state index contributed by atoms with van der Waals surface area (Å²) in [7, 11) is 1.85. The van der Waals surface area contributed by atoms with Crippen LogP contribution in [-0.4, -0.2) is 9.78 Å². The van der Waals surface area contributed by atoms with E-state index in [0.717, 1.165) is 5.69 Å². The lowest BCUT2D eigenvalue weighted by atomic mass is 10.2. The Bertz CT molecular complexity index is 524. The SMILES string of the molecule is CC(Nc1cccc(Cl)c1F)c1ccnn1C. The third kappa shape index (κ3) is 2.42. The number of aryl methyl sites for hydroxylation is 1. The Labute approximate surface area is 104 Å². The minimum absolute atomic E-state index is 0.0459. The molecule has 90 valence electrons. The highest BCUT2D eigenvalue weighted by atomic mass is 35.5. The van der Waals surface area contributed by atoms with Gasteiger partial charge in [-0.15, -0.1) is 0 Å². The fraction of sp³-hybridized carbons (Fsp3) is 0.250. The Balaban J connectivity index is 2.22. The van der Waals surface area contributed by atoms with Crippen molar-refractivity contribution in [2.45, 2.75) is 13.0 Å². The number of benzene rings is 1. The van der Waals surface area contributed by atoms with E-state index in [1.165, 1.54) is 6.07 Å². The molecule has 5 heteroatoms. The summed E-state index contributed by atoms with van der Waals surface area (Å²) < 4.78 is 15.4. The molecular formula is C12H13ClFN3. The van der Waals surface area contributed by atoms with Crippen LogP contribution in [0.4, 0.5) is 10.1 Å². The number of aromatic nitrogens is 2. The number of rotatable bonds is 3. The highest BCUT2D eigenvalue weighted by Gasteiger charge is 2.12. The molecule has 2 rings (SSSR count). The lowest BCUT2D eigenvalue weighted by Crippen LogP contribution is -2.12. The van der Waals surface area contributed by atoms with Crippen LogP contribution in [0.5, 0.6) is 0 Å². The second-order valence-corrected chi connectivity index (χ2v) is 4.25.